The fraction of sp³-hybridized carbons (Fsp3) is 0.647. The van der Waals surface area contributed by atoms with Crippen LogP contribution in [0.15, 0.2) is 24.3 Å². The first kappa shape index (κ1) is 16.2. The highest BCUT2D eigenvalue weighted by Gasteiger charge is 2.14. The van der Waals surface area contributed by atoms with E-state index in [1.165, 1.54) is 37.7 Å². The van der Waals surface area contributed by atoms with E-state index in [9.17, 15) is 4.39 Å². The van der Waals surface area contributed by atoms with Gasteiger partial charge in [-0.25, -0.2) is 4.39 Å². The summed E-state index contributed by atoms with van der Waals surface area (Å²) in [5.74, 6) is -0.158. The molecular weight excluding hydrogens is 237 g/mol. The standard InChI is InChI=1S/C17H28FN/c1-4-7-9-16(8-5-2)19-17(6-3)14-10-12-15(18)13-11-14/h10-13,16-17,19H,4-9H2,1-3H3. The number of hydrogen-bond acceptors (Lipinski definition) is 1. The Hall–Kier alpha value is -0.890. The third-order valence-electron chi connectivity index (χ3n) is 3.66. The minimum atomic E-state index is -0.158. The summed E-state index contributed by atoms with van der Waals surface area (Å²) in [6.45, 7) is 6.66. The monoisotopic (exact) mass is 265 g/mol. The van der Waals surface area contributed by atoms with E-state index < -0.39 is 0 Å². The molecular formula is C17H28FN. The highest BCUT2D eigenvalue weighted by Crippen LogP contribution is 2.20. The normalized spacial score (nSPS) is 14.3. The summed E-state index contributed by atoms with van der Waals surface area (Å²) < 4.78 is 13.0. The van der Waals surface area contributed by atoms with Gasteiger partial charge in [0.1, 0.15) is 5.82 Å². The number of hydrogen-bond donors (Lipinski definition) is 1. The van der Waals surface area contributed by atoms with Gasteiger partial charge in [0.2, 0.25) is 0 Å². The highest BCUT2D eigenvalue weighted by molar-refractivity contribution is 5.19. The molecule has 1 nitrogen and oxygen atoms in total. The van der Waals surface area contributed by atoms with Crippen LogP contribution >= 0.6 is 0 Å². The first-order valence-corrected chi connectivity index (χ1v) is 7.72. The summed E-state index contributed by atoms with van der Waals surface area (Å²) in [5, 5.41) is 3.75. The Morgan fingerprint density at radius 1 is 1.00 bits per heavy atom. The molecule has 0 amide bonds. The average Bonchev–Trinajstić information content (AvgIpc) is 2.43. The lowest BCUT2D eigenvalue weighted by molar-refractivity contribution is 0.377. The molecule has 0 spiro atoms. The van der Waals surface area contributed by atoms with Gasteiger partial charge >= 0.3 is 0 Å². The molecule has 0 heterocycles. The van der Waals surface area contributed by atoms with Crippen LogP contribution in [0.4, 0.5) is 4.39 Å². The minimum Gasteiger partial charge on any atom is -0.307 e. The number of rotatable bonds is 9. The van der Waals surface area contributed by atoms with E-state index in [0.717, 1.165) is 6.42 Å². The Morgan fingerprint density at radius 2 is 1.68 bits per heavy atom. The largest absolute Gasteiger partial charge is 0.307 e. The maximum Gasteiger partial charge on any atom is 0.123 e. The molecule has 108 valence electrons. The second-order valence-corrected chi connectivity index (χ2v) is 5.31. The van der Waals surface area contributed by atoms with Crippen LogP contribution in [0.25, 0.3) is 0 Å². The molecule has 2 unspecified atom stereocenters. The summed E-state index contributed by atoms with van der Waals surface area (Å²) in [4.78, 5) is 0. The third-order valence-corrected chi connectivity index (χ3v) is 3.66. The summed E-state index contributed by atoms with van der Waals surface area (Å²) >= 11 is 0. The van der Waals surface area contributed by atoms with Crippen LogP contribution in [-0.4, -0.2) is 6.04 Å². The molecule has 1 aromatic rings. The molecule has 19 heavy (non-hydrogen) atoms. The molecule has 0 aliphatic rings. The van der Waals surface area contributed by atoms with Gasteiger partial charge in [0.25, 0.3) is 0 Å². The first-order valence-electron chi connectivity index (χ1n) is 7.72. The number of benzene rings is 1. The molecule has 2 atom stereocenters. The zero-order valence-electron chi connectivity index (χ0n) is 12.6. The Bertz CT molecular complexity index is 334. The maximum absolute atomic E-state index is 13.0. The van der Waals surface area contributed by atoms with Gasteiger partial charge in [0.05, 0.1) is 0 Å². The van der Waals surface area contributed by atoms with Crippen molar-refractivity contribution in [3.63, 3.8) is 0 Å². The van der Waals surface area contributed by atoms with Crippen molar-refractivity contribution >= 4 is 0 Å². The third kappa shape index (κ3) is 5.73. The lowest BCUT2D eigenvalue weighted by Crippen LogP contribution is -2.32. The Balaban J connectivity index is 2.64. The van der Waals surface area contributed by atoms with Crippen LogP contribution in [0, 0.1) is 5.82 Å². The number of unbranched alkanes of at least 4 members (excludes halogenated alkanes) is 1. The Labute approximate surface area is 117 Å². The predicted octanol–water partition coefficient (Wildman–Crippen LogP) is 5.23. The van der Waals surface area contributed by atoms with Crippen molar-refractivity contribution < 1.29 is 4.39 Å². The molecule has 0 aromatic heterocycles. The molecule has 0 saturated heterocycles. The molecule has 1 rings (SSSR count). The van der Waals surface area contributed by atoms with E-state index in [1.807, 2.05) is 12.1 Å². The molecule has 0 aliphatic carbocycles. The SMILES string of the molecule is CCCCC(CCC)NC(CC)c1ccc(F)cc1. The van der Waals surface area contributed by atoms with E-state index >= 15 is 0 Å². The van der Waals surface area contributed by atoms with Crippen LogP contribution in [0.3, 0.4) is 0 Å². The minimum absolute atomic E-state index is 0.158. The van der Waals surface area contributed by atoms with Crippen LogP contribution in [0.5, 0.6) is 0 Å². The van der Waals surface area contributed by atoms with Gasteiger partial charge in [-0.2, -0.15) is 0 Å². The molecule has 0 fully saturated rings. The van der Waals surface area contributed by atoms with Crippen LogP contribution < -0.4 is 5.32 Å². The smallest absolute Gasteiger partial charge is 0.123 e. The average molecular weight is 265 g/mol. The van der Waals surface area contributed by atoms with Crippen molar-refractivity contribution in [1.82, 2.24) is 5.32 Å². The van der Waals surface area contributed by atoms with Gasteiger partial charge in [0, 0.05) is 12.1 Å². The fourth-order valence-electron chi connectivity index (χ4n) is 2.54. The van der Waals surface area contributed by atoms with E-state index in [2.05, 4.69) is 26.1 Å². The second-order valence-electron chi connectivity index (χ2n) is 5.31. The van der Waals surface area contributed by atoms with Crippen molar-refractivity contribution in [2.24, 2.45) is 0 Å². The zero-order chi connectivity index (χ0) is 14.1. The predicted molar refractivity (Wildman–Crippen MR) is 80.8 cm³/mol. The molecule has 0 saturated carbocycles. The van der Waals surface area contributed by atoms with Gasteiger partial charge < -0.3 is 5.32 Å². The van der Waals surface area contributed by atoms with Crippen molar-refractivity contribution in [3.8, 4) is 0 Å². The molecule has 1 N–H and O–H groups in total. The van der Waals surface area contributed by atoms with E-state index in [1.54, 1.807) is 12.1 Å². The molecule has 2 heteroatoms. The number of halogens is 1. The number of nitrogens with one attached hydrogen (secondary N) is 1. The van der Waals surface area contributed by atoms with Gasteiger partial charge in [-0.15, -0.1) is 0 Å². The van der Waals surface area contributed by atoms with Gasteiger partial charge in [-0.05, 0) is 37.0 Å². The van der Waals surface area contributed by atoms with E-state index in [0.29, 0.717) is 12.1 Å². The van der Waals surface area contributed by atoms with Gasteiger partial charge in [-0.3, -0.25) is 0 Å². The van der Waals surface area contributed by atoms with Crippen molar-refractivity contribution in [1.29, 1.82) is 0 Å². The maximum atomic E-state index is 13.0. The fourth-order valence-corrected chi connectivity index (χ4v) is 2.54. The lowest BCUT2D eigenvalue weighted by atomic mass is 9.99. The Morgan fingerprint density at radius 3 is 2.21 bits per heavy atom. The Kier molecular flexibility index (Phi) is 7.73. The summed E-state index contributed by atoms with van der Waals surface area (Å²) in [6, 6.07) is 7.84. The highest BCUT2D eigenvalue weighted by atomic mass is 19.1. The molecule has 1 aromatic carbocycles. The first-order chi connectivity index (χ1) is 9.21. The summed E-state index contributed by atoms with van der Waals surface area (Å²) in [5.41, 5.74) is 1.20. The van der Waals surface area contributed by atoms with Crippen LogP contribution in [0.2, 0.25) is 0 Å². The van der Waals surface area contributed by atoms with Crippen molar-refractivity contribution in [2.75, 3.05) is 0 Å². The zero-order valence-corrected chi connectivity index (χ0v) is 12.6. The molecule has 0 bridgehead atoms. The van der Waals surface area contributed by atoms with Gasteiger partial charge in [0.15, 0.2) is 0 Å². The quantitative estimate of drug-likeness (QED) is 0.645. The lowest BCUT2D eigenvalue weighted by Gasteiger charge is -2.25. The van der Waals surface area contributed by atoms with Crippen LogP contribution in [-0.2, 0) is 0 Å². The summed E-state index contributed by atoms with van der Waals surface area (Å²) in [6.07, 6.45) is 7.23. The summed E-state index contributed by atoms with van der Waals surface area (Å²) in [7, 11) is 0. The molecule has 0 radical (unpaired) electrons. The second kappa shape index (κ2) is 9.08. The van der Waals surface area contributed by atoms with Crippen molar-refractivity contribution in [2.45, 2.75) is 71.4 Å². The topological polar surface area (TPSA) is 12.0 Å². The van der Waals surface area contributed by atoms with E-state index in [4.69, 9.17) is 0 Å². The van der Waals surface area contributed by atoms with Crippen LogP contribution in [0.1, 0.15) is 70.9 Å². The van der Waals surface area contributed by atoms with Crippen molar-refractivity contribution in [3.05, 3.63) is 35.6 Å². The van der Waals surface area contributed by atoms with Gasteiger partial charge in [-0.1, -0.05) is 52.2 Å². The molecule has 0 aliphatic heterocycles. The van der Waals surface area contributed by atoms with E-state index in [-0.39, 0.29) is 5.82 Å².